The average molecular weight is 415 g/mol. The van der Waals surface area contributed by atoms with Crippen LogP contribution in [0.2, 0.25) is 0 Å². The molecule has 2 amide bonds. The van der Waals surface area contributed by atoms with Crippen LogP contribution in [0.1, 0.15) is 48.0 Å². The van der Waals surface area contributed by atoms with Crippen molar-refractivity contribution < 1.29 is 9.59 Å². The second-order valence-electron chi connectivity index (χ2n) is 8.36. The van der Waals surface area contributed by atoms with Crippen molar-refractivity contribution in [2.24, 2.45) is 0 Å². The third kappa shape index (κ3) is 4.10. The summed E-state index contributed by atoms with van der Waals surface area (Å²) in [5.74, 6) is 0.895. The molecule has 3 aromatic rings. The Kier molecular flexibility index (Phi) is 5.28. The third-order valence-corrected chi connectivity index (χ3v) is 6.19. The van der Waals surface area contributed by atoms with Gasteiger partial charge in [-0.05, 0) is 30.5 Å². The lowest BCUT2D eigenvalue weighted by molar-refractivity contribution is -0.119. The Bertz CT molecular complexity index is 1080. The van der Waals surface area contributed by atoms with Gasteiger partial charge in [-0.15, -0.1) is 0 Å². The minimum Gasteiger partial charge on any atom is -0.349 e. The second-order valence-corrected chi connectivity index (χ2v) is 8.36. The first-order chi connectivity index (χ1) is 15.2. The van der Waals surface area contributed by atoms with Gasteiger partial charge in [-0.2, -0.15) is 5.10 Å². The number of nitrogens with zero attached hydrogens (tertiary/aromatic N) is 3. The fourth-order valence-electron chi connectivity index (χ4n) is 4.46. The van der Waals surface area contributed by atoms with Crippen molar-refractivity contribution in [1.29, 1.82) is 0 Å². The Morgan fingerprint density at radius 3 is 2.52 bits per heavy atom. The maximum atomic E-state index is 12.7. The number of rotatable bonds is 5. The van der Waals surface area contributed by atoms with Crippen LogP contribution in [0.4, 0.5) is 5.82 Å². The van der Waals surface area contributed by atoms with E-state index in [1.165, 1.54) is 12.8 Å². The number of nitrogens with one attached hydrogen (secondary N) is 1. The molecule has 0 unspecified atom stereocenters. The minimum atomic E-state index is -0.0157. The van der Waals surface area contributed by atoms with Gasteiger partial charge in [0.05, 0.1) is 18.8 Å². The highest BCUT2D eigenvalue weighted by Gasteiger charge is 2.26. The molecule has 1 saturated carbocycles. The molecule has 1 aromatic heterocycles. The Morgan fingerprint density at radius 1 is 1.03 bits per heavy atom. The standard InChI is InChI=1S/C25H26N4O2/c30-24-14-15-29-23(16-22(27-29)19-6-2-1-3-7-19)28(24)17-18-10-12-20(13-11-18)25(31)26-21-8-4-5-9-21/h1-3,6-7,10-13,16,21H,4-5,8-9,14-15,17H2,(H,26,31). The summed E-state index contributed by atoms with van der Waals surface area (Å²) in [5, 5.41) is 7.82. The van der Waals surface area contributed by atoms with E-state index in [9.17, 15) is 9.59 Å². The highest BCUT2D eigenvalue weighted by molar-refractivity contribution is 5.95. The van der Waals surface area contributed by atoms with Gasteiger partial charge in [0.25, 0.3) is 5.91 Å². The van der Waals surface area contributed by atoms with Crippen molar-refractivity contribution in [3.63, 3.8) is 0 Å². The summed E-state index contributed by atoms with van der Waals surface area (Å²) in [6.45, 7) is 1.06. The first-order valence-electron chi connectivity index (χ1n) is 11.0. The molecule has 0 spiro atoms. The number of hydrogen-bond acceptors (Lipinski definition) is 3. The first-order valence-corrected chi connectivity index (χ1v) is 11.0. The summed E-state index contributed by atoms with van der Waals surface area (Å²) in [7, 11) is 0. The topological polar surface area (TPSA) is 67.2 Å². The van der Waals surface area contributed by atoms with E-state index >= 15 is 0 Å². The number of anilines is 1. The molecule has 31 heavy (non-hydrogen) atoms. The lowest BCUT2D eigenvalue weighted by Crippen LogP contribution is -2.37. The predicted molar refractivity (Wildman–Crippen MR) is 120 cm³/mol. The normalized spacial score (nSPS) is 16.4. The number of fused-ring (bicyclic) bond motifs is 1. The maximum Gasteiger partial charge on any atom is 0.251 e. The maximum absolute atomic E-state index is 12.7. The van der Waals surface area contributed by atoms with E-state index in [-0.39, 0.29) is 11.8 Å². The van der Waals surface area contributed by atoms with Crippen molar-refractivity contribution >= 4 is 17.6 Å². The molecule has 6 heteroatoms. The third-order valence-electron chi connectivity index (χ3n) is 6.19. The number of benzene rings is 2. The number of aryl methyl sites for hydroxylation is 1. The lowest BCUT2D eigenvalue weighted by Gasteiger charge is -2.27. The summed E-state index contributed by atoms with van der Waals surface area (Å²) in [4.78, 5) is 27.0. The van der Waals surface area contributed by atoms with Crippen molar-refractivity contribution in [1.82, 2.24) is 15.1 Å². The fraction of sp³-hybridized carbons (Fsp3) is 0.320. The largest absolute Gasteiger partial charge is 0.349 e. The fourth-order valence-corrected chi connectivity index (χ4v) is 4.46. The van der Waals surface area contributed by atoms with Crippen molar-refractivity contribution in [2.75, 3.05) is 4.90 Å². The molecule has 2 aliphatic rings. The molecule has 6 nitrogen and oxygen atoms in total. The van der Waals surface area contributed by atoms with Gasteiger partial charge < -0.3 is 5.32 Å². The van der Waals surface area contributed by atoms with Crippen molar-refractivity contribution in [3.05, 3.63) is 71.8 Å². The SMILES string of the molecule is O=C(NC1CCCC1)c1ccc(CN2C(=O)CCn3nc(-c4ccccc4)cc32)cc1. The second kappa shape index (κ2) is 8.38. The zero-order valence-corrected chi connectivity index (χ0v) is 17.5. The molecular weight excluding hydrogens is 388 g/mol. The molecular formula is C25H26N4O2. The summed E-state index contributed by atoms with van der Waals surface area (Å²) < 4.78 is 1.91. The molecule has 0 bridgehead atoms. The highest BCUT2D eigenvalue weighted by Crippen LogP contribution is 2.29. The Morgan fingerprint density at radius 2 is 1.77 bits per heavy atom. The number of carbonyl (C=O) groups is 2. The van der Waals surface area contributed by atoms with Gasteiger partial charge in [0, 0.05) is 29.7 Å². The van der Waals surface area contributed by atoms with Crippen molar-refractivity contribution in [3.8, 4) is 11.3 Å². The van der Waals surface area contributed by atoms with Crippen LogP contribution < -0.4 is 10.2 Å². The zero-order valence-electron chi connectivity index (χ0n) is 17.5. The Hall–Kier alpha value is -3.41. The number of amides is 2. The highest BCUT2D eigenvalue weighted by atomic mass is 16.2. The number of hydrogen-bond donors (Lipinski definition) is 1. The van der Waals surface area contributed by atoms with Gasteiger partial charge in [-0.1, -0.05) is 55.3 Å². The van der Waals surface area contributed by atoms with Gasteiger partial charge in [0.15, 0.2) is 0 Å². The van der Waals surface area contributed by atoms with Crippen LogP contribution in [0.5, 0.6) is 0 Å². The van der Waals surface area contributed by atoms with E-state index in [1.807, 2.05) is 65.3 Å². The van der Waals surface area contributed by atoms with Crippen LogP contribution in [0, 0.1) is 0 Å². The molecule has 2 aromatic carbocycles. The lowest BCUT2D eigenvalue weighted by atomic mass is 10.1. The van der Waals surface area contributed by atoms with Crippen LogP contribution in [0.25, 0.3) is 11.3 Å². The van der Waals surface area contributed by atoms with E-state index in [2.05, 4.69) is 5.32 Å². The molecule has 0 radical (unpaired) electrons. The Labute approximate surface area is 181 Å². The van der Waals surface area contributed by atoms with E-state index in [4.69, 9.17) is 5.10 Å². The van der Waals surface area contributed by atoms with Crippen LogP contribution in [-0.2, 0) is 17.9 Å². The van der Waals surface area contributed by atoms with Gasteiger partial charge in [-0.25, -0.2) is 4.68 Å². The van der Waals surface area contributed by atoms with E-state index in [0.717, 1.165) is 35.5 Å². The van der Waals surface area contributed by atoms with E-state index in [1.54, 1.807) is 4.90 Å². The number of aromatic nitrogens is 2. The Balaban J connectivity index is 1.32. The summed E-state index contributed by atoms with van der Waals surface area (Å²) in [6, 6.07) is 19.9. The average Bonchev–Trinajstić information content (AvgIpc) is 3.47. The minimum absolute atomic E-state index is 0.0157. The molecule has 1 fully saturated rings. The van der Waals surface area contributed by atoms with Crippen LogP contribution in [0.3, 0.4) is 0 Å². The molecule has 1 N–H and O–H groups in total. The van der Waals surface area contributed by atoms with E-state index in [0.29, 0.717) is 31.1 Å². The van der Waals surface area contributed by atoms with Crippen molar-refractivity contribution in [2.45, 2.75) is 51.2 Å². The molecule has 5 rings (SSSR count). The van der Waals surface area contributed by atoms with Gasteiger partial charge in [-0.3, -0.25) is 14.5 Å². The first kappa shape index (κ1) is 19.5. The number of carbonyl (C=O) groups excluding carboxylic acids is 2. The molecule has 158 valence electrons. The van der Waals surface area contributed by atoms with Gasteiger partial charge in [0.1, 0.15) is 5.82 Å². The summed E-state index contributed by atoms with van der Waals surface area (Å²) in [5.41, 5.74) is 3.56. The monoisotopic (exact) mass is 414 g/mol. The van der Waals surface area contributed by atoms with Crippen LogP contribution in [0.15, 0.2) is 60.7 Å². The molecule has 0 atom stereocenters. The molecule has 2 heterocycles. The molecule has 1 aliphatic heterocycles. The zero-order chi connectivity index (χ0) is 21.2. The predicted octanol–water partition coefficient (Wildman–Crippen LogP) is 4.16. The smallest absolute Gasteiger partial charge is 0.251 e. The van der Waals surface area contributed by atoms with Crippen LogP contribution >= 0.6 is 0 Å². The summed E-state index contributed by atoms with van der Waals surface area (Å²) >= 11 is 0. The quantitative estimate of drug-likeness (QED) is 0.682. The van der Waals surface area contributed by atoms with Gasteiger partial charge >= 0.3 is 0 Å². The summed E-state index contributed by atoms with van der Waals surface area (Å²) in [6.07, 6.45) is 4.95. The molecule has 0 saturated heterocycles. The van der Waals surface area contributed by atoms with E-state index < -0.39 is 0 Å². The molecule has 1 aliphatic carbocycles. The van der Waals surface area contributed by atoms with Crippen LogP contribution in [-0.4, -0.2) is 27.6 Å². The van der Waals surface area contributed by atoms with Gasteiger partial charge in [0.2, 0.25) is 5.91 Å².